The minimum atomic E-state index is -0.482. The number of carbonyl (C=O) groups excluding carboxylic acids is 1. The lowest BCUT2D eigenvalue weighted by Gasteiger charge is -2.44. The van der Waals surface area contributed by atoms with Crippen LogP contribution in [-0.4, -0.2) is 45.5 Å². The van der Waals surface area contributed by atoms with Crippen molar-refractivity contribution in [2.24, 2.45) is 0 Å². The number of amides is 1. The first-order valence-electron chi connectivity index (χ1n) is 10.1. The van der Waals surface area contributed by atoms with Crippen molar-refractivity contribution in [1.29, 1.82) is 5.26 Å². The Kier molecular flexibility index (Phi) is 4.57. The summed E-state index contributed by atoms with van der Waals surface area (Å²) in [6.07, 6.45) is 5.65. The maximum atomic E-state index is 12.8. The Hall–Kier alpha value is -3.50. The van der Waals surface area contributed by atoms with Crippen LogP contribution in [0.4, 0.5) is 0 Å². The van der Waals surface area contributed by atoms with Crippen molar-refractivity contribution in [3.05, 3.63) is 71.3 Å². The summed E-state index contributed by atoms with van der Waals surface area (Å²) in [6.45, 7) is 1.78. The van der Waals surface area contributed by atoms with Crippen LogP contribution in [0.1, 0.15) is 40.2 Å². The van der Waals surface area contributed by atoms with Crippen molar-refractivity contribution in [3.8, 4) is 17.5 Å². The molecule has 3 aromatic rings. The number of nitrogens with one attached hydrogen (secondary N) is 1. The van der Waals surface area contributed by atoms with Crippen molar-refractivity contribution >= 4 is 5.91 Å². The molecule has 2 aromatic heterocycles. The van der Waals surface area contributed by atoms with Crippen molar-refractivity contribution in [3.63, 3.8) is 0 Å². The zero-order valence-corrected chi connectivity index (χ0v) is 16.5. The molecule has 1 fully saturated rings. The number of nitriles is 1. The number of nitrogens with zero attached hydrogens (tertiary/aromatic N) is 4. The van der Waals surface area contributed by atoms with Crippen LogP contribution in [0.2, 0.25) is 0 Å². The number of benzene rings is 1. The highest BCUT2D eigenvalue weighted by atomic mass is 16.5. The van der Waals surface area contributed by atoms with E-state index in [0.29, 0.717) is 49.6 Å². The van der Waals surface area contributed by atoms with Crippen LogP contribution in [0.15, 0.2) is 48.8 Å². The van der Waals surface area contributed by atoms with Gasteiger partial charge in [0.2, 0.25) is 0 Å². The van der Waals surface area contributed by atoms with E-state index in [2.05, 4.69) is 9.97 Å². The minimum absolute atomic E-state index is 0.0879. The summed E-state index contributed by atoms with van der Waals surface area (Å²) in [7, 11) is 0. The molecule has 150 valence electrons. The van der Waals surface area contributed by atoms with Gasteiger partial charge >= 0.3 is 0 Å². The Morgan fingerprint density at radius 2 is 2.03 bits per heavy atom. The van der Waals surface area contributed by atoms with E-state index >= 15 is 0 Å². The average Bonchev–Trinajstić information content (AvgIpc) is 3.29. The van der Waals surface area contributed by atoms with Crippen molar-refractivity contribution in [1.82, 2.24) is 19.9 Å². The van der Waals surface area contributed by atoms with E-state index in [4.69, 9.17) is 15.0 Å². The fourth-order valence-corrected chi connectivity index (χ4v) is 4.34. The Morgan fingerprint density at radius 3 is 2.77 bits per heavy atom. The highest BCUT2D eigenvalue weighted by Crippen LogP contribution is 2.41. The predicted octanol–water partition coefficient (Wildman–Crippen LogP) is 3.05. The number of carbonyl (C=O) groups is 1. The number of aromatic nitrogens is 3. The predicted molar refractivity (Wildman–Crippen MR) is 109 cm³/mol. The Labute approximate surface area is 174 Å². The number of aromatic amines is 1. The monoisotopic (exact) mass is 399 g/mol. The summed E-state index contributed by atoms with van der Waals surface area (Å²) >= 11 is 0. The van der Waals surface area contributed by atoms with Crippen LogP contribution in [-0.2, 0) is 16.8 Å². The molecular formula is C23H21N5O2. The summed E-state index contributed by atoms with van der Waals surface area (Å²) in [5.74, 6) is 0.614. The van der Waals surface area contributed by atoms with Crippen LogP contribution in [0, 0.1) is 11.3 Å². The molecule has 5 rings (SSSR count). The Bertz CT molecular complexity index is 1120. The molecule has 0 atom stereocenters. The normalized spacial score (nSPS) is 17.4. The molecular weight excluding hydrogens is 378 g/mol. The van der Waals surface area contributed by atoms with Gasteiger partial charge in [-0.1, -0.05) is 30.3 Å². The van der Waals surface area contributed by atoms with E-state index in [-0.39, 0.29) is 5.91 Å². The van der Waals surface area contributed by atoms with Gasteiger partial charge in [0.1, 0.15) is 17.4 Å². The van der Waals surface area contributed by atoms with Crippen LogP contribution < -0.4 is 0 Å². The molecule has 0 unspecified atom stereocenters. The van der Waals surface area contributed by atoms with Gasteiger partial charge in [-0.3, -0.25) is 4.79 Å². The second kappa shape index (κ2) is 7.39. The number of fused-ring (bicyclic) bond motifs is 2. The third-order valence-corrected chi connectivity index (χ3v) is 5.98. The fourth-order valence-electron chi connectivity index (χ4n) is 4.34. The highest BCUT2D eigenvalue weighted by Gasteiger charge is 2.43. The molecule has 1 aromatic carbocycles. The summed E-state index contributed by atoms with van der Waals surface area (Å²) < 4.78 is 6.30. The lowest BCUT2D eigenvalue weighted by atomic mass is 9.83. The summed E-state index contributed by atoms with van der Waals surface area (Å²) in [5.41, 5.74) is 3.49. The largest absolute Gasteiger partial charge is 0.368 e. The van der Waals surface area contributed by atoms with Crippen molar-refractivity contribution < 1.29 is 9.53 Å². The van der Waals surface area contributed by atoms with Crippen LogP contribution in [0.5, 0.6) is 0 Å². The standard InChI is InChI=1S/C23H21N5O2/c24-13-16-12-19(25-14-16)22(29)28-9-7-23(8-10-28)20-18(6-11-30-23)15-26-21(27-20)17-4-2-1-3-5-17/h1-5,12,14-15,25H,6-11H2. The Balaban J connectivity index is 1.40. The SMILES string of the molecule is N#Cc1c[nH]c(C(=O)N2CCC3(CC2)OCCc2cnc(-c4ccccc4)nc23)c1. The first kappa shape index (κ1) is 18.5. The van der Waals surface area contributed by atoms with Gasteiger partial charge in [0.25, 0.3) is 5.91 Å². The lowest BCUT2D eigenvalue weighted by molar-refractivity contribution is -0.0967. The molecule has 0 bridgehead atoms. The van der Waals surface area contributed by atoms with Gasteiger partial charge in [-0.25, -0.2) is 9.97 Å². The van der Waals surface area contributed by atoms with E-state index < -0.39 is 5.60 Å². The highest BCUT2D eigenvalue weighted by molar-refractivity contribution is 5.93. The second-order valence-electron chi connectivity index (χ2n) is 7.73. The third-order valence-electron chi connectivity index (χ3n) is 5.98. The molecule has 2 aliphatic rings. The fraction of sp³-hybridized carbons (Fsp3) is 0.304. The van der Waals surface area contributed by atoms with E-state index in [1.54, 1.807) is 12.3 Å². The molecule has 7 nitrogen and oxygen atoms in total. The second-order valence-corrected chi connectivity index (χ2v) is 7.73. The maximum Gasteiger partial charge on any atom is 0.270 e. The number of likely N-dealkylation sites (tertiary alicyclic amines) is 1. The summed E-state index contributed by atoms with van der Waals surface area (Å²) in [4.78, 5) is 27.0. The van der Waals surface area contributed by atoms with Gasteiger partial charge in [0, 0.05) is 31.0 Å². The van der Waals surface area contributed by atoms with E-state index in [0.717, 1.165) is 23.2 Å². The van der Waals surface area contributed by atoms with Gasteiger partial charge in [0.15, 0.2) is 5.82 Å². The van der Waals surface area contributed by atoms with Gasteiger partial charge < -0.3 is 14.6 Å². The van der Waals surface area contributed by atoms with Gasteiger partial charge in [-0.05, 0) is 30.9 Å². The summed E-state index contributed by atoms with van der Waals surface area (Å²) in [6, 6.07) is 13.6. The Morgan fingerprint density at radius 1 is 1.23 bits per heavy atom. The van der Waals surface area contributed by atoms with Crippen LogP contribution in [0.3, 0.4) is 0 Å². The quantitative estimate of drug-likeness (QED) is 0.715. The zero-order chi connectivity index (χ0) is 20.6. The van der Waals surface area contributed by atoms with Crippen LogP contribution >= 0.6 is 0 Å². The van der Waals surface area contributed by atoms with Crippen molar-refractivity contribution in [2.45, 2.75) is 24.9 Å². The molecule has 4 heterocycles. The first-order chi connectivity index (χ1) is 14.7. The molecule has 1 amide bonds. The van der Waals surface area contributed by atoms with E-state index in [9.17, 15) is 4.79 Å². The third kappa shape index (κ3) is 3.15. The minimum Gasteiger partial charge on any atom is -0.368 e. The van der Waals surface area contributed by atoms with Gasteiger partial charge in [0.05, 0.1) is 17.9 Å². The summed E-state index contributed by atoms with van der Waals surface area (Å²) in [5, 5.41) is 8.98. The first-order valence-corrected chi connectivity index (χ1v) is 10.1. The van der Waals surface area contributed by atoms with E-state index in [1.165, 1.54) is 0 Å². The lowest BCUT2D eigenvalue weighted by Crippen LogP contribution is -2.49. The van der Waals surface area contributed by atoms with Gasteiger partial charge in [-0.15, -0.1) is 0 Å². The smallest absolute Gasteiger partial charge is 0.270 e. The van der Waals surface area contributed by atoms with Crippen molar-refractivity contribution in [2.75, 3.05) is 19.7 Å². The molecule has 1 saturated heterocycles. The molecule has 2 aliphatic heterocycles. The number of hydrogen-bond acceptors (Lipinski definition) is 5. The maximum absolute atomic E-state index is 12.8. The van der Waals surface area contributed by atoms with Gasteiger partial charge in [-0.2, -0.15) is 5.26 Å². The molecule has 30 heavy (non-hydrogen) atoms. The number of piperidine rings is 1. The molecule has 0 radical (unpaired) electrons. The number of H-pyrrole nitrogens is 1. The topological polar surface area (TPSA) is 94.9 Å². The average molecular weight is 399 g/mol. The number of hydrogen-bond donors (Lipinski definition) is 1. The number of rotatable bonds is 2. The molecule has 1 N–H and O–H groups in total. The molecule has 7 heteroatoms. The molecule has 0 aliphatic carbocycles. The molecule has 1 spiro atoms. The number of ether oxygens (including phenoxy) is 1. The van der Waals surface area contributed by atoms with Crippen LogP contribution in [0.25, 0.3) is 11.4 Å². The van der Waals surface area contributed by atoms with E-state index in [1.807, 2.05) is 47.5 Å². The zero-order valence-electron chi connectivity index (χ0n) is 16.5. The molecule has 0 saturated carbocycles.